The molecule has 5 nitrogen and oxygen atoms in total. The van der Waals surface area contributed by atoms with Crippen LogP contribution < -0.4 is 5.32 Å². The molecule has 0 saturated carbocycles. The van der Waals surface area contributed by atoms with Crippen molar-refractivity contribution in [2.75, 3.05) is 12.3 Å². The number of amides is 1. The summed E-state index contributed by atoms with van der Waals surface area (Å²) >= 11 is 1.35. The van der Waals surface area contributed by atoms with Gasteiger partial charge in [0.2, 0.25) is 11.1 Å². The van der Waals surface area contributed by atoms with Gasteiger partial charge in [-0.2, -0.15) is 0 Å². The molecule has 3 rings (SSSR count). The van der Waals surface area contributed by atoms with Gasteiger partial charge in [0.05, 0.1) is 5.75 Å². The Morgan fingerprint density at radius 3 is 3.00 bits per heavy atom. The monoisotopic (exact) mass is 382 g/mol. The van der Waals surface area contributed by atoms with E-state index in [0.29, 0.717) is 23.3 Å². The minimum Gasteiger partial charge on any atom is -0.355 e. The van der Waals surface area contributed by atoms with Crippen LogP contribution in [-0.2, 0) is 4.79 Å². The number of thioether (sulfide) groups is 1. The number of carbonyl (C=O) groups is 1. The van der Waals surface area contributed by atoms with E-state index in [4.69, 9.17) is 0 Å². The maximum absolute atomic E-state index is 12.0. The van der Waals surface area contributed by atoms with Crippen LogP contribution in [0, 0.1) is 6.92 Å². The van der Waals surface area contributed by atoms with Crippen LogP contribution in [0.1, 0.15) is 49.1 Å². The first kappa shape index (κ1) is 19.4. The lowest BCUT2D eigenvalue weighted by Crippen LogP contribution is -2.26. The number of hydrogen-bond donors (Lipinski definition) is 2. The van der Waals surface area contributed by atoms with Crippen LogP contribution in [-0.4, -0.2) is 33.4 Å². The van der Waals surface area contributed by atoms with Crippen LogP contribution >= 0.6 is 11.8 Å². The van der Waals surface area contributed by atoms with Crippen molar-refractivity contribution in [1.82, 2.24) is 20.5 Å². The molecule has 2 aromatic rings. The highest BCUT2D eigenvalue weighted by Gasteiger charge is 2.08. The van der Waals surface area contributed by atoms with Crippen LogP contribution in [0.15, 0.2) is 41.1 Å². The lowest BCUT2D eigenvalue weighted by atomic mass is 9.97. The number of aromatic amines is 1. The molecule has 1 aromatic carbocycles. The molecule has 2 N–H and O–H groups in total. The normalized spacial score (nSPS) is 14.3. The highest BCUT2D eigenvalue weighted by Crippen LogP contribution is 2.19. The molecule has 0 spiro atoms. The summed E-state index contributed by atoms with van der Waals surface area (Å²) in [6.07, 6.45) is 12.1. The molecule has 0 atom stereocenters. The predicted molar refractivity (Wildman–Crippen MR) is 111 cm³/mol. The van der Waals surface area contributed by atoms with Gasteiger partial charge in [-0.15, -0.1) is 5.10 Å². The second-order valence-corrected chi connectivity index (χ2v) is 7.63. The van der Waals surface area contributed by atoms with E-state index >= 15 is 0 Å². The predicted octanol–water partition coefficient (Wildman–Crippen LogP) is 4.38. The highest BCUT2D eigenvalue weighted by molar-refractivity contribution is 7.99. The molecule has 0 radical (unpaired) electrons. The Morgan fingerprint density at radius 2 is 2.19 bits per heavy atom. The summed E-state index contributed by atoms with van der Waals surface area (Å²) in [5, 5.41) is 10.6. The average Bonchev–Trinajstić information content (AvgIpc) is 3.14. The SMILES string of the molecule is Cc1ccccc1C=Cc1nc(SCC(=O)NCCC2=CCCCC2)n[nH]1. The van der Waals surface area contributed by atoms with E-state index in [9.17, 15) is 4.79 Å². The average molecular weight is 383 g/mol. The zero-order valence-electron chi connectivity index (χ0n) is 15.7. The number of nitrogens with zero attached hydrogens (tertiary/aromatic N) is 2. The van der Waals surface area contributed by atoms with Crippen molar-refractivity contribution in [2.45, 2.75) is 44.2 Å². The molecule has 0 bridgehead atoms. The fraction of sp³-hybridized carbons (Fsp3) is 0.381. The van der Waals surface area contributed by atoms with Gasteiger partial charge in [-0.1, -0.05) is 53.8 Å². The smallest absolute Gasteiger partial charge is 0.230 e. The summed E-state index contributed by atoms with van der Waals surface area (Å²) in [7, 11) is 0. The fourth-order valence-electron chi connectivity index (χ4n) is 3.02. The van der Waals surface area contributed by atoms with Crippen molar-refractivity contribution in [1.29, 1.82) is 0 Å². The Labute approximate surface area is 164 Å². The van der Waals surface area contributed by atoms with Crippen LogP contribution in [0.25, 0.3) is 12.2 Å². The summed E-state index contributed by atoms with van der Waals surface area (Å²) in [6.45, 7) is 2.79. The van der Waals surface area contributed by atoms with Crippen molar-refractivity contribution >= 4 is 29.8 Å². The zero-order valence-corrected chi connectivity index (χ0v) is 16.5. The first-order valence-electron chi connectivity index (χ1n) is 9.44. The quantitative estimate of drug-likeness (QED) is 0.525. The van der Waals surface area contributed by atoms with E-state index in [2.05, 4.69) is 45.6 Å². The number of carbonyl (C=O) groups excluding carboxylic acids is 1. The molecular formula is C21H26N4OS. The van der Waals surface area contributed by atoms with E-state index in [1.807, 2.05) is 24.3 Å². The molecule has 0 fully saturated rings. The summed E-state index contributed by atoms with van der Waals surface area (Å²) in [5.41, 5.74) is 3.84. The summed E-state index contributed by atoms with van der Waals surface area (Å²) < 4.78 is 0. The third-order valence-electron chi connectivity index (χ3n) is 4.58. The summed E-state index contributed by atoms with van der Waals surface area (Å²) in [4.78, 5) is 16.4. The number of hydrogen-bond acceptors (Lipinski definition) is 4. The van der Waals surface area contributed by atoms with Gasteiger partial charge in [-0.05, 0) is 56.2 Å². The number of aromatic nitrogens is 3. The fourth-order valence-corrected chi connectivity index (χ4v) is 3.65. The van der Waals surface area contributed by atoms with E-state index in [0.717, 1.165) is 12.0 Å². The lowest BCUT2D eigenvalue weighted by Gasteiger charge is -2.12. The van der Waals surface area contributed by atoms with Gasteiger partial charge in [0, 0.05) is 6.54 Å². The van der Waals surface area contributed by atoms with Gasteiger partial charge in [0.1, 0.15) is 5.82 Å². The Bertz CT molecular complexity index is 825. The Balaban J connectivity index is 1.40. The third kappa shape index (κ3) is 6.40. The molecule has 1 aliphatic carbocycles. The number of rotatable bonds is 8. The van der Waals surface area contributed by atoms with Crippen LogP contribution in [0.3, 0.4) is 0 Å². The van der Waals surface area contributed by atoms with E-state index in [1.165, 1.54) is 48.6 Å². The second-order valence-electron chi connectivity index (χ2n) is 6.69. The minimum absolute atomic E-state index is 0.0261. The van der Waals surface area contributed by atoms with Gasteiger partial charge in [0.25, 0.3) is 0 Å². The molecule has 142 valence electrons. The van der Waals surface area contributed by atoms with E-state index in [1.54, 1.807) is 0 Å². The number of H-pyrrole nitrogens is 1. The maximum atomic E-state index is 12.0. The largest absolute Gasteiger partial charge is 0.355 e. The van der Waals surface area contributed by atoms with Crippen molar-refractivity contribution in [3.63, 3.8) is 0 Å². The molecule has 1 aliphatic rings. The number of benzene rings is 1. The Hall–Kier alpha value is -2.34. The molecule has 1 amide bonds. The Morgan fingerprint density at radius 1 is 1.30 bits per heavy atom. The lowest BCUT2D eigenvalue weighted by molar-refractivity contribution is -0.118. The summed E-state index contributed by atoms with van der Waals surface area (Å²) in [6, 6.07) is 8.17. The molecule has 6 heteroatoms. The molecule has 27 heavy (non-hydrogen) atoms. The summed E-state index contributed by atoms with van der Waals surface area (Å²) in [5.74, 6) is 1.04. The van der Waals surface area contributed by atoms with Crippen molar-refractivity contribution in [2.24, 2.45) is 0 Å². The van der Waals surface area contributed by atoms with Gasteiger partial charge >= 0.3 is 0 Å². The van der Waals surface area contributed by atoms with Crippen molar-refractivity contribution in [3.8, 4) is 0 Å². The molecule has 0 unspecified atom stereocenters. The van der Waals surface area contributed by atoms with Gasteiger partial charge in [0.15, 0.2) is 0 Å². The van der Waals surface area contributed by atoms with Gasteiger partial charge < -0.3 is 5.32 Å². The molecule has 1 aromatic heterocycles. The van der Waals surface area contributed by atoms with Crippen LogP contribution in [0.4, 0.5) is 0 Å². The van der Waals surface area contributed by atoms with Crippen LogP contribution in [0.2, 0.25) is 0 Å². The first-order chi connectivity index (χ1) is 13.2. The maximum Gasteiger partial charge on any atom is 0.230 e. The topological polar surface area (TPSA) is 70.7 Å². The highest BCUT2D eigenvalue weighted by atomic mass is 32.2. The molecule has 0 saturated heterocycles. The van der Waals surface area contributed by atoms with E-state index in [-0.39, 0.29) is 5.91 Å². The number of nitrogens with one attached hydrogen (secondary N) is 2. The Kier molecular flexibility index (Phi) is 7.27. The van der Waals surface area contributed by atoms with Gasteiger partial charge in [-0.3, -0.25) is 9.89 Å². The molecule has 0 aliphatic heterocycles. The van der Waals surface area contributed by atoms with E-state index < -0.39 is 0 Å². The zero-order chi connectivity index (χ0) is 18.9. The second kappa shape index (κ2) is 10.1. The number of aryl methyl sites for hydroxylation is 1. The van der Waals surface area contributed by atoms with Crippen molar-refractivity contribution in [3.05, 3.63) is 52.9 Å². The molecule has 1 heterocycles. The minimum atomic E-state index is 0.0261. The third-order valence-corrected chi connectivity index (χ3v) is 5.42. The standard InChI is InChI=1S/C21H26N4OS/c1-16-7-5-6-10-18(16)11-12-19-23-21(25-24-19)27-15-20(26)22-14-13-17-8-3-2-4-9-17/h5-8,10-12H,2-4,9,13-15H2,1H3,(H,22,26)(H,23,24,25). The van der Waals surface area contributed by atoms with Gasteiger partial charge in [-0.25, -0.2) is 4.98 Å². The number of allylic oxidation sites excluding steroid dienone is 1. The van der Waals surface area contributed by atoms with Crippen LogP contribution in [0.5, 0.6) is 0 Å². The molecular weight excluding hydrogens is 356 g/mol. The first-order valence-corrected chi connectivity index (χ1v) is 10.4. The van der Waals surface area contributed by atoms with Crippen molar-refractivity contribution < 1.29 is 4.79 Å².